The van der Waals surface area contributed by atoms with Crippen molar-refractivity contribution in [2.45, 2.75) is 32.9 Å². The molecule has 0 heterocycles. The van der Waals surface area contributed by atoms with Gasteiger partial charge in [-0.05, 0) is 29.8 Å². The monoisotopic (exact) mass is 367 g/mol. The average Bonchev–Trinajstić information content (AvgIpc) is 2.66. The van der Waals surface area contributed by atoms with Gasteiger partial charge in [-0.2, -0.15) is 0 Å². The fourth-order valence-corrected chi connectivity index (χ4v) is 2.59. The van der Waals surface area contributed by atoms with Gasteiger partial charge in [0.05, 0.1) is 0 Å². The molecule has 0 aliphatic carbocycles. The standard InChI is InChI=1S/C21H25N3OS/c1-2-9-19(22-15-17-10-5-3-6-11-17)14-20(25)24-21(26)23-16-18-12-7-4-8-13-18/h3-8,10-14,22H,2,9,15-16H2,1H3,(H2,23,24,25,26)/b19-14-. The zero-order chi connectivity index (χ0) is 18.6. The lowest BCUT2D eigenvalue weighted by molar-refractivity contribution is -0.115. The molecule has 0 bridgehead atoms. The second-order valence-electron chi connectivity index (χ2n) is 5.92. The molecule has 2 aromatic carbocycles. The number of hydrogen-bond donors (Lipinski definition) is 3. The smallest absolute Gasteiger partial charge is 0.251 e. The van der Waals surface area contributed by atoms with Gasteiger partial charge in [0.25, 0.3) is 5.91 Å². The molecule has 3 N–H and O–H groups in total. The first-order chi connectivity index (χ1) is 12.7. The predicted octanol–water partition coefficient (Wildman–Crippen LogP) is 3.65. The number of nitrogens with one attached hydrogen (secondary N) is 3. The number of amides is 1. The van der Waals surface area contributed by atoms with Crippen molar-refractivity contribution >= 4 is 23.2 Å². The molecule has 0 aromatic heterocycles. The van der Waals surface area contributed by atoms with Crippen LogP contribution in [-0.2, 0) is 17.9 Å². The van der Waals surface area contributed by atoms with Crippen LogP contribution < -0.4 is 16.0 Å². The van der Waals surface area contributed by atoms with Gasteiger partial charge < -0.3 is 10.6 Å². The summed E-state index contributed by atoms with van der Waals surface area (Å²) in [5.41, 5.74) is 3.19. The van der Waals surface area contributed by atoms with Crippen molar-refractivity contribution in [3.8, 4) is 0 Å². The summed E-state index contributed by atoms with van der Waals surface area (Å²) in [6.07, 6.45) is 3.35. The molecule has 2 rings (SSSR count). The van der Waals surface area contributed by atoms with Crippen LogP contribution in [0.4, 0.5) is 0 Å². The van der Waals surface area contributed by atoms with E-state index in [0.717, 1.165) is 24.1 Å². The summed E-state index contributed by atoms with van der Waals surface area (Å²) in [6.45, 7) is 3.36. The van der Waals surface area contributed by atoms with Crippen molar-refractivity contribution in [3.05, 3.63) is 83.6 Å². The Morgan fingerprint density at radius 1 is 0.923 bits per heavy atom. The zero-order valence-electron chi connectivity index (χ0n) is 15.0. The van der Waals surface area contributed by atoms with Gasteiger partial charge in [0.1, 0.15) is 0 Å². The summed E-state index contributed by atoms with van der Waals surface area (Å²) < 4.78 is 0. The third-order valence-corrected chi connectivity index (χ3v) is 3.97. The molecule has 2 aromatic rings. The summed E-state index contributed by atoms with van der Waals surface area (Å²) in [5.74, 6) is -0.223. The van der Waals surface area contributed by atoms with Crippen LogP contribution in [0.1, 0.15) is 30.9 Å². The van der Waals surface area contributed by atoms with E-state index in [2.05, 4.69) is 35.0 Å². The highest BCUT2D eigenvalue weighted by atomic mass is 32.1. The van der Waals surface area contributed by atoms with E-state index in [1.807, 2.05) is 48.5 Å². The third-order valence-electron chi connectivity index (χ3n) is 3.72. The Balaban J connectivity index is 1.83. The second kappa shape index (κ2) is 11.1. The van der Waals surface area contributed by atoms with Crippen LogP contribution in [0.5, 0.6) is 0 Å². The summed E-state index contributed by atoms with van der Waals surface area (Å²) in [4.78, 5) is 12.2. The molecule has 0 unspecified atom stereocenters. The van der Waals surface area contributed by atoms with Crippen molar-refractivity contribution in [3.63, 3.8) is 0 Å². The van der Waals surface area contributed by atoms with E-state index in [-0.39, 0.29) is 5.91 Å². The first-order valence-corrected chi connectivity index (χ1v) is 9.19. The molecule has 0 saturated heterocycles. The summed E-state index contributed by atoms with van der Waals surface area (Å²) in [7, 11) is 0. The van der Waals surface area contributed by atoms with E-state index in [4.69, 9.17) is 12.2 Å². The number of allylic oxidation sites excluding steroid dienone is 1. The van der Waals surface area contributed by atoms with Gasteiger partial charge in [-0.25, -0.2) is 0 Å². The van der Waals surface area contributed by atoms with E-state index < -0.39 is 0 Å². The van der Waals surface area contributed by atoms with Crippen LogP contribution in [0.2, 0.25) is 0 Å². The Hall–Kier alpha value is -2.66. The molecule has 0 spiro atoms. The number of hydrogen-bond acceptors (Lipinski definition) is 3. The minimum Gasteiger partial charge on any atom is -0.384 e. The van der Waals surface area contributed by atoms with Gasteiger partial charge in [-0.15, -0.1) is 0 Å². The zero-order valence-corrected chi connectivity index (χ0v) is 15.8. The van der Waals surface area contributed by atoms with Crippen molar-refractivity contribution < 1.29 is 4.79 Å². The van der Waals surface area contributed by atoms with E-state index in [1.54, 1.807) is 6.08 Å². The fourth-order valence-electron chi connectivity index (χ4n) is 2.42. The largest absolute Gasteiger partial charge is 0.384 e. The average molecular weight is 368 g/mol. The van der Waals surface area contributed by atoms with E-state index >= 15 is 0 Å². The lowest BCUT2D eigenvalue weighted by Crippen LogP contribution is -2.38. The number of carbonyl (C=O) groups is 1. The first-order valence-electron chi connectivity index (χ1n) is 8.78. The highest BCUT2D eigenvalue weighted by molar-refractivity contribution is 7.80. The molecule has 136 valence electrons. The predicted molar refractivity (Wildman–Crippen MR) is 110 cm³/mol. The first kappa shape index (κ1) is 19.7. The topological polar surface area (TPSA) is 53.2 Å². The number of carbonyl (C=O) groups excluding carboxylic acids is 1. The molecular weight excluding hydrogens is 342 g/mol. The van der Waals surface area contributed by atoms with Crippen LogP contribution in [0, 0.1) is 0 Å². The number of benzene rings is 2. The third kappa shape index (κ3) is 7.49. The van der Waals surface area contributed by atoms with Crippen LogP contribution in [0.3, 0.4) is 0 Å². The molecule has 5 heteroatoms. The van der Waals surface area contributed by atoms with Gasteiger partial charge in [0.15, 0.2) is 5.11 Å². The lowest BCUT2D eigenvalue weighted by atomic mass is 10.2. The molecule has 1 amide bonds. The van der Waals surface area contributed by atoms with Gasteiger partial charge in [-0.3, -0.25) is 10.1 Å². The van der Waals surface area contributed by atoms with Crippen LogP contribution in [-0.4, -0.2) is 11.0 Å². The van der Waals surface area contributed by atoms with Crippen LogP contribution in [0.25, 0.3) is 0 Å². The Morgan fingerprint density at radius 3 is 2.00 bits per heavy atom. The molecular formula is C21H25N3OS. The van der Waals surface area contributed by atoms with Gasteiger partial charge >= 0.3 is 0 Å². The molecule has 0 aliphatic rings. The Bertz CT molecular complexity index is 729. The highest BCUT2D eigenvalue weighted by Gasteiger charge is 2.04. The maximum atomic E-state index is 12.2. The maximum absolute atomic E-state index is 12.2. The van der Waals surface area contributed by atoms with Crippen molar-refractivity contribution in [2.75, 3.05) is 0 Å². The van der Waals surface area contributed by atoms with Crippen molar-refractivity contribution in [1.29, 1.82) is 0 Å². The summed E-state index contributed by atoms with van der Waals surface area (Å²) in [6, 6.07) is 20.0. The Kier molecular flexibility index (Phi) is 8.36. The van der Waals surface area contributed by atoms with Gasteiger partial charge in [0, 0.05) is 24.9 Å². The molecule has 0 radical (unpaired) electrons. The number of rotatable bonds is 8. The Morgan fingerprint density at radius 2 is 1.46 bits per heavy atom. The Labute approximate surface area is 160 Å². The molecule has 0 fully saturated rings. The van der Waals surface area contributed by atoms with Crippen molar-refractivity contribution in [2.24, 2.45) is 0 Å². The SMILES string of the molecule is CCC/C(=C/C(=O)NC(=S)NCc1ccccc1)NCc1ccccc1. The van der Waals surface area contributed by atoms with Gasteiger partial charge in [-0.1, -0.05) is 74.0 Å². The minimum absolute atomic E-state index is 0.223. The normalized spacial score (nSPS) is 10.9. The second-order valence-corrected chi connectivity index (χ2v) is 6.32. The maximum Gasteiger partial charge on any atom is 0.251 e. The van der Waals surface area contributed by atoms with E-state index in [0.29, 0.717) is 18.2 Å². The van der Waals surface area contributed by atoms with Crippen LogP contribution in [0.15, 0.2) is 72.4 Å². The fraction of sp³-hybridized carbons (Fsp3) is 0.238. The summed E-state index contributed by atoms with van der Waals surface area (Å²) in [5, 5.41) is 9.41. The highest BCUT2D eigenvalue weighted by Crippen LogP contribution is 2.04. The molecule has 0 aliphatic heterocycles. The number of thiocarbonyl (C=S) groups is 1. The molecule has 4 nitrogen and oxygen atoms in total. The quantitative estimate of drug-likeness (QED) is 0.492. The molecule has 0 saturated carbocycles. The van der Waals surface area contributed by atoms with Gasteiger partial charge in [0.2, 0.25) is 0 Å². The molecule has 26 heavy (non-hydrogen) atoms. The van der Waals surface area contributed by atoms with Crippen molar-refractivity contribution in [1.82, 2.24) is 16.0 Å². The lowest BCUT2D eigenvalue weighted by Gasteiger charge is -2.12. The van der Waals surface area contributed by atoms with E-state index in [9.17, 15) is 4.79 Å². The van der Waals surface area contributed by atoms with E-state index in [1.165, 1.54) is 5.56 Å². The van der Waals surface area contributed by atoms with Crippen LogP contribution >= 0.6 is 12.2 Å². The minimum atomic E-state index is -0.223. The molecule has 0 atom stereocenters. The summed E-state index contributed by atoms with van der Waals surface area (Å²) >= 11 is 5.20.